The maximum absolute atomic E-state index is 5.85. The van der Waals surface area contributed by atoms with Crippen LogP contribution >= 0.6 is 11.6 Å². The van der Waals surface area contributed by atoms with Gasteiger partial charge in [-0.05, 0) is 54.5 Å². The molecular weight excluding hydrogens is 236 g/mol. The lowest BCUT2D eigenvalue weighted by Crippen LogP contribution is -2.15. The smallest absolute Gasteiger partial charge is 0.224 e. The van der Waals surface area contributed by atoms with Crippen LogP contribution < -0.4 is 11.1 Å². The average Bonchev–Trinajstić information content (AvgIpc) is 2.72. The van der Waals surface area contributed by atoms with E-state index in [9.17, 15) is 0 Å². The van der Waals surface area contributed by atoms with E-state index in [0.29, 0.717) is 17.5 Å². The fourth-order valence-corrected chi connectivity index (χ4v) is 4.29. The minimum absolute atomic E-state index is 0.260. The number of hydrogen-bond acceptors (Lipinski definition) is 4. The normalized spacial score (nSPS) is 41.4. The Bertz CT molecular complexity index is 462. The summed E-state index contributed by atoms with van der Waals surface area (Å²) in [6.45, 7) is 0. The molecule has 4 rings (SSSR count). The Morgan fingerprint density at radius 3 is 2.71 bits per heavy atom. The van der Waals surface area contributed by atoms with Crippen LogP contribution in [0.4, 0.5) is 11.5 Å². The second kappa shape index (κ2) is 3.25. The Balaban J connectivity index is 1.54. The Morgan fingerprint density at radius 1 is 1.29 bits per heavy atom. The van der Waals surface area contributed by atoms with Gasteiger partial charge in [0.2, 0.25) is 5.28 Å². The van der Waals surface area contributed by atoms with Crippen molar-refractivity contribution in [1.82, 2.24) is 9.97 Å². The van der Waals surface area contributed by atoms with Crippen LogP contribution in [0.5, 0.6) is 0 Å². The van der Waals surface area contributed by atoms with Crippen LogP contribution in [-0.4, -0.2) is 16.0 Å². The second-order valence-corrected chi connectivity index (χ2v) is 5.94. The summed E-state index contributed by atoms with van der Waals surface area (Å²) in [5.41, 5.74) is 6.44. The van der Waals surface area contributed by atoms with Crippen molar-refractivity contribution < 1.29 is 0 Å². The minimum Gasteiger partial charge on any atom is -0.394 e. The van der Waals surface area contributed by atoms with E-state index in [1.54, 1.807) is 6.20 Å². The van der Waals surface area contributed by atoms with Crippen molar-refractivity contribution in [2.45, 2.75) is 25.3 Å². The highest BCUT2D eigenvalue weighted by molar-refractivity contribution is 6.28. The van der Waals surface area contributed by atoms with Crippen molar-refractivity contribution in [3.63, 3.8) is 0 Å². The summed E-state index contributed by atoms with van der Waals surface area (Å²) in [7, 11) is 0. The van der Waals surface area contributed by atoms with Crippen molar-refractivity contribution in [3.05, 3.63) is 11.5 Å². The van der Waals surface area contributed by atoms with Gasteiger partial charge in [0, 0.05) is 6.04 Å². The lowest BCUT2D eigenvalue weighted by atomic mass is 10.0. The number of aromatic nitrogens is 2. The third-order valence-corrected chi connectivity index (χ3v) is 5.01. The van der Waals surface area contributed by atoms with Gasteiger partial charge >= 0.3 is 0 Å². The number of nitrogens with two attached hydrogens (primary N) is 1. The molecule has 0 aliphatic heterocycles. The molecule has 1 aromatic rings. The van der Waals surface area contributed by atoms with Crippen LogP contribution in [0, 0.1) is 23.7 Å². The first-order chi connectivity index (χ1) is 8.24. The average molecular weight is 251 g/mol. The number of halogens is 1. The number of nitrogens with one attached hydrogen (secondary N) is 1. The molecule has 3 fully saturated rings. The number of fused-ring (bicyclic) bond motifs is 5. The number of hydrogen-bond donors (Lipinski definition) is 2. The first-order valence-corrected chi connectivity index (χ1v) is 6.66. The lowest BCUT2D eigenvalue weighted by molar-refractivity contribution is 0.456. The van der Waals surface area contributed by atoms with Crippen LogP contribution in [0.3, 0.4) is 0 Å². The first kappa shape index (κ1) is 9.95. The number of nitrogen functional groups attached to an aromatic ring is 1. The van der Waals surface area contributed by atoms with Gasteiger partial charge in [-0.2, -0.15) is 4.98 Å². The van der Waals surface area contributed by atoms with Crippen LogP contribution in [0.1, 0.15) is 19.3 Å². The van der Waals surface area contributed by atoms with Gasteiger partial charge in [0.05, 0.1) is 11.9 Å². The molecule has 3 N–H and O–H groups in total. The van der Waals surface area contributed by atoms with E-state index in [-0.39, 0.29) is 5.28 Å². The van der Waals surface area contributed by atoms with Crippen molar-refractivity contribution in [2.75, 3.05) is 11.1 Å². The monoisotopic (exact) mass is 250 g/mol. The molecule has 17 heavy (non-hydrogen) atoms. The van der Waals surface area contributed by atoms with Crippen molar-refractivity contribution in [2.24, 2.45) is 23.7 Å². The van der Waals surface area contributed by atoms with Gasteiger partial charge in [-0.1, -0.05) is 0 Å². The Hall–Kier alpha value is -1.03. The summed E-state index contributed by atoms with van der Waals surface area (Å²) in [6.07, 6.45) is 5.87. The standard InChI is InChI=1S/C12H15ClN4/c13-12-15-4-7(14)11(17-12)16-10-8-5-1-2-6(3-5)9(8)10/h4-6,8-10H,1-3,14H2,(H,15,16,17). The third kappa shape index (κ3) is 1.36. The molecule has 1 heterocycles. The molecule has 4 unspecified atom stereocenters. The summed E-state index contributed by atoms with van der Waals surface area (Å²) in [6, 6.07) is 0.578. The zero-order chi connectivity index (χ0) is 11.6. The van der Waals surface area contributed by atoms with Gasteiger partial charge in [-0.25, -0.2) is 4.98 Å². The highest BCUT2D eigenvalue weighted by atomic mass is 35.5. The van der Waals surface area contributed by atoms with Gasteiger partial charge < -0.3 is 11.1 Å². The highest BCUT2D eigenvalue weighted by Crippen LogP contribution is 2.66. The zero-order valence-electron chi connectivity index (χ0n) is 9.44. The van der Waals surface area contributed by atoms with Gasteiger partial charge in [0.15, 0.2) is 5.82 Å². The molecule has 4 atom stereocenters. The van der Waals surface area contributed by atoms with Crippen molar-refractivity contribution in [3.8, 4) is 0 Å². The highest BCUT2D eigenvalue weighted by Gasteiger charge is 2.65. The summed E-state index contributed by atoms with van der Waals surface area (Å²) in [5.74, 6) is 4.33. The number of anilines is 2. The fraction of sp³-hybridized carbons (Fsp3) is 0.667. The van der Waals surface area contributed by atoms with Gasteiger partial charge in [0.1, 0.15) is 0 Å². The van der Waals surface area contributed by atoms with E-state index < -0.39 is 0 Å². The van der Waals surface area contributed by atoms with E-state index in [1.165, 1.54) is 19.3 Å². The molecule has 0 radical (unpaired) electrons. The number of rotatable bonds is 2. The Morgan fingerprint density at radius 2 is 2.00 bits per heavy atom. The van der Waals surface area contributed by atoms with Crippen LogP contribution in [0.15, 0.2) is 6.20 Å². The maximum atomic E-state index is 5.85. The van der Waals surface area contributed by atoms with Gasteiger partial charge in [0.25, 0.3) is 0 Å². The quantitative estimate of drug-likeness (QED) is 0.790. The number of nitrogens with zero attached hydrogens (tertiary/aromatic N) is 2. The molecule has 4 nitrogen and oxygen atoms in total. The summed E-state index contributed by atoms with van der Waals surface area (Å²) < 4.78 is 0. The SMILES string of the molecule is Nc1cnc(Cl)nc1NC1C2C3CCC(C3)C12. The van der Waals surface area contributed by atoms with E-state index in [0.717, 1.165) is 23.7 Å². The van der Waals surface area contributed by atoms with E-state index >= 15 is 0 Å². The molecular formula is C12H15ClN4. The molecule has 0 spiro atoms. The van der Waals surface area contributed by atoms with Gasteiger partial charge in [-0.3, -0.25) is 0 Å². The molecule has 3 saturated carbocycles. The van der Waals surface area contributed by atoms with Crippen molar-refractivity contribution in [1.29, 1.82) is 0 Å². The fourth-order valence-electron chi connectivity index (χ4n) is 4.16. The molecule has 0 saturated heterocycles. The molecule has 3 aliphatic carbocycles. The van der Waals surface area contributed by atoms with Crippen LogP contribution in [0.2, 0.25) is 5.28 Å². The lowest BCUT2D eigenvalue weighted by Gasteiger charge is -2.12. The molecule has 2 bridgehead atoms. The van der Waals surface area contributed by atoms with E-state index in [1.807, 2.05) is 0 Å². The molecule has 0 aromatic carbocycles. The first-order valence-electron chi connectivity index (χ1n) is 6.28. The van der Waals surface area contributed by atoms with Crippen LogP contribution in [-0.2, 0) is 0 Å². The Labute approximate surface area is 105 Å². The molecule has 5 heteroatoms. The summed E-state index contributed by atoms with van der Waals surface area (Å²) >= 11 is 5.79. The third-order valence-electron chi connectivity index (χ3n) is 4.83. The zero-order valence-corrected chi connectivity index (χ0v) is 10.2. The summed E-state index contributed by atoms with van der Waals surface area (Å²) in [5, 5.41) is 3.73. The second-order valence-electron chi connectivity index (χ2n) is 5.60. The van der Waals surface area contributed by atoms with Crippen LogP contribution in [0.25, 0.3) is 0 Å². The van der Waals surface area contributed by atoms with E-state index in [4.69, 9.17) is 17.3 Å². The minimum atomic E-state index is 0.260. The predicted octanol–water partition coefficient (Wildman–Crippen LogP) is 2.17. The van der Waals surface area contributed by atoms with E-state index in [2.05, 4.69) is 15.3 Å². The molecule has 90 valence electrons. The largest absolute Gasteiger partial charge is 0.394 e. The molecule has 3 aliphatic rings. The molecule has 1 aromatic heterocycles. The maximum Gasteiger partial charge on any atom is 0.224 e. The topological polar surface area (TPSA) is 63.8 Å². The van der Waals surface area contributed by atoms with Crippen molar-refractivity contribution >= 4 is 23.1 Å². The summed E-state index contributed by atoms with van der Waals surface area (Å²) in [4.78, 5) is 8.04. The van der Waals surface area contributed by atoms with Gasteiger partial charge in [-0.15, -0.1) is 0 Å². The molecule has 0 amide bonds. The Kier molecular flexibility index (Phi) is 1.90. The predicted molar refractivity (Wildman–Crippen MR) is 66.7 cm³/mol.